The molecular weight excluding hydrogens is 196 g/mol. The molecule has 0 saturated heterocycles. The summed E-state index contributed by atoms with van der Waals surface area (Å²) in [5.41, 5.74) is 0.560. The Balaban J connectivity index is 2.79. The number of benzene rings is 1. The van der Waals surface area contributed by atoms with Crippen molar-refractivity contribution in [2.45, 2.75) is 26.3 Å². The Morgan fingerprint density at radius 1 is 1.27 bits per heavy atom. The van der Waals surface area contributed by atoms with Gasteiger partial charge >= 0.3 is 0 Å². The largest absolute Gasteiger partial charge is 0.316 e. The molecule has 0 aliphatic rings. The van der Waals surface area contributed by atoms with Gasteiger partial charge in [-0.3, -0.25) is 0 Å². The SMILES string of the molecule is CNC(Cc1ccc(F)cc1F)C(C)C. The van der Waals surface area contributed by atoms with E-state index in [4.69, 9.17) is 0 Å². The summed E-state index contributed by atoms with van der Waals surface area (Å²) in [7, 11) is 1.85. The maximum atomic E-state index is 13.3. The lowest BCUT2D eigenvalue weighted by Gasteiger charge is -2.20. The number of hydrogen-bond donors (Lipinski definition) is 1. The number of hydrogen-bond acceptors (Lipinski definition) is 1. The van der Waals surface area contributed by atoms with Gasteiger partial charge < -0.3 is 5.32 Å². The molecule has 1 rings (SSSR count). The molecule has 1 N–H and O–H groups in total. The Labute approximate surface area is 89.5 Å². The summed E-state index contributed by atoms with van der Waals surface area (Å²) < 4.78 is 26.0. The van der Waals surface area contributed by atoms with Crippen LogP contribution in [0.15, 0.2) is 18.2 Å². The standard InChI is InChI=1S/C12H17F2N/c1-8(2)12(15-3)6-9-4-5-10(13)7-11(9)14/h4-5,7-8,12,15H,6H2,1-3H3. The van der Waals surface area contributed by atoms with Crippen molar-refractivity contribution in [3.8, 4) is 0 Å². The predicted octanol–water partition coefficient (Wildman–Crippen LogP) is 2.75. The molecule has 0 bridgehead atoms. The minimum Gasteiger partial charge on any atom is -0.316 e. The second kappa shape index (κ2) is 5.21. The molecule has 0 aliphatic heterocycles. The fraction of sp³-hybridized carbons (Fsp3) is 0.500. The zero-order chi connectivity index (χ0) is 11.4. The molecule has 1 aromatic carbocycles. The summed E-state index contributed by atoms with van der Waals surface area (Å²) >= 11 is 0. The van der Waals surface area contributed by atoms with Crippen molar-refractivity contribution >= 4 is 0 Å². The average molecular weight is 213 g/mol. The Hall–Kier alpha value is -0.960. The summed E-state index contributed by atoms with van der Waals surface area (Å²) in [4.78, 5) is 0. The lowest BCUT2D eigenvalue weighted by atomic mass is 9.96. The second-order valence-corrected chi connectivity index (χ2v) is 4.08. The molecule has 15 heavy (non-hydrogen) atoms. The van der Waals surface area contributed by atoms with E-state index in [0.29, 0.717) is 17.9 Å². The highest BCUT2D eigenvalue weighted by molar-refractivity contribution is 5.19. The molecule has 0 fully saturated rings. The molecule has 3 heteroatoms. The maximum absolute atomic E-state index is 13.3. The van der Waals surface area contributed by atoms with Crippen molar-refractivity contribution in [2.24, 2.45) is 5.92 Å². The molecular formula is C12H17F2N. The van der Waals surface area contributed by atoms with E-state index < -0.39 is 11.6 Å². The highest BCUT2D eigenvalue weighted by atomic mass is 19.1. The van der Waals surface area contributed by atoms with Crippen molar-refractivity contribution in [3.05, 3.63) is 35.4 Å². The van der Waals surface area contributed by atoms with Crippen molar-refractivity contribution < 1.29 is 8.78 Å². The van der Waals surface area contributed by atoms with Crippen molar-refractivity contribution in [2.75, 3.05) is 7.05 Å². The monoisotopic (exact) mass is 213 g/mol. The van der Waals surface area contributed by atoms with Crippen molar-refractivity contribution in [1.29, 1.82) is 0 Å². The lowest BCUT2D eigenvalue weighted by molar-refractivity contribution is 0.417. The van der Waals surface area contributed by atoms with Crippen LogP contribution in [0, 0.1) is 17.6 Å². The Kier molecular flexibility index (Phi) is 4.21. The van der Waals surface area contributed by atoms with Crippen molar-refractivity contribution in [3.63, 3.8) is 0 Å². The third-order valence-electron chi connectivity index (χ3n) is 2.63. The van der Waals surface area contributed by atoms with Gasteiger partial charge in [-0.15, -0.1) is 0 Å². The van der Waals surface area contributed by atoms with Crippen LogP contribution < -0.4 is 5.32 Å². The zero-order valence-corrected chi connectivity index (χ0v) is 9.35. The molecule has 84 valence electrons. The molecule has 0 radical (unpaired) electrons. The molecule has 1 atom stereocenters. The van der Waals surface area contributed by atoms with E-state index in [9.17, 15) is 8.78 Å². The van der Waals surface area contributed by atoms with Crippen LogP contribution >= 0.6 is 0 Å². The van der Waals surface area contributed by atoms with Crippen LogP contribution in [0.2, 0.25) is 0 Å². The van der Waals surface area contributed by atoms with Crippen LogP contribution in [-0.2, 0) is 6.42 Å². The Morgan fingerprint density at radius 2 is 1.93 bits per heavy atom. The molecule has 0 aliphatic carbocycles. The molecule has 0 heterocycles. The summed E-state index contributed by atoms with van der Waals surface area (Å²) in [5.74, 6) is -0.572. The van der Waals surface area contributed by atoms with Gasteiger partial charge in [0, 0.05) is 12.1 Å². The van der Waals surface area contributed by atoms with Gasteiger partial charge in [0.05, 0.1) is 0 Å². The van der Waals surface area contributed by atoms with Gasteiger partial charge in [-0.25, -0.2) is 8.78 Å². The van der Waals surface area contributed by atoms with Crippen molar-refractivity contribution in [1.82, 2.24) is 5.32 Å². The lowest BCUT2D eigenvalue weighted by Crippen LogP contribution is -2.33. The van der Waals surface area contributed by atoms with Crippen LogP contribution in [0.4, 0.5) is 8.78 Å². The van der Waals surface area contributed by atoms with Gasteiger partial charge in [0.15, 0.2) is 0 Å². The molecule has 0 spiro atoms. The van der Waals surface area contributed by atoms with Crippen LogP contribution in [0.25, 0.3) is 0 Å². The summed E-state index contributed by atoms with van der Waals surface area (Å²) in [6.07, 6.45) is 0.584. The van der Waals surface area contributed by atoms with Gasteiger partial charge in [-0.05, 0) is 31.0 Å². The second-order valence-electron chi connectivity index (χ2n) is 4.08. The van der Waals surface area contributed by atoms with Crippen LogP contribution in [0.1, 0.15) is 19.4 Å². The van der Waals surface area contributed by atoms with E-state index in [0.717, 1.165) is 6.07 Å². The minimum atomic E-state index is -0.526. The third kappa shape index (κ3) is 3.27. The Bertz CT molecular complexity index is 323. The van der Waals surface area contributed by atoms with Crippen LogP contribution in [-0.4, -0.2) is 13.1 Å². The average Bonchev–Trinajstić information content (AvgIpc) is 2.16. The molecule has 1 unspecified atom stereocenters. The first-order valence-electron chi connectivity index (χ1n) is 5.15. The van der Waals surface area contributed by atoms with Gasteiger partial charge in [-0.1, -0.05) is 19.9 Å². The fourth-order valence-electron chi connectivity index (χ4n) is 1.60. The summed E-state index contributed by atoms with van der Waals surface area (Å²) in [6, 6.07) is 3.95. The molecule has 0 amide bonds. The first-order valence-corrected chi connectivity index (χ1v) is 5.15. The highest BCUT2D eigenvalue weighted by Gasteiger charge is 2.14. The summed E-state index contributed by atoms with van der Waals surface area (Å²) in [6.45, 7) is 4.14. The number of rotatable bonds is 4. The van der Waals surface area contributed by atoms with E-state index in [1.807, 2.05) is 7.05 Å². The van der Waals surface area contributed by atoms with Gasteiger partial charge in [-0.2, -0.15) is 0 Å². The first kappa shape index (κ1) is 12.1. The smallest absolute Gasteiger partial charge is 0.129 e. The predicted molar refractivity (Wildman–Crippen MR) is 57.7 cm³/mol. The molecule has 0 aromatic heterocycles. The Morgan fingerprint density at radius 3 is 2.40 bits per heavy atom. The van der Waals surface area contributed by atoms with E-state index in [2.05, 4.69) is 19.2 Å². The van der Waals surface area contributed by atoms with E-state index in [1.165, 1.54) is 12.1 Å². The van der Waals surface area contributed by atoms with Crippen LogP contribution in [0.3, 0.4) is 0 Å². The number of likely N-dealkylation sites (N-methyl/N-ethyl adjacent to an activating group) is 1. The summed E-state index contributed by atoms with van der Waals surface area (Å²) in [5, 5.41) is 3.13. The quantitative estimate of drug-likeness (QED) is 0.811. The zero-order valence-electron chi connectivity index (χ0n) is 9.35. The fourth-order valence-corrected chi connectivity index (χ4v) is 1.60. The normalized spacial score (nSPS) is 13.2. The first-order chi connectivity index (χ1) is 7.04. The topological polar surface area (TPSA) is 12.0 Å². The van der Waals surface area contributed by atoms with Gasteiger partial charge in [0.25, 0.3) is 0 Å². The minimum absolute atomic E-state index is 0.213. The van der Waals surface area contributed by atoms with E-state index >= 15 is 0 Å². The van der Waals surface area contributed by atoms with Crippen LogP contribution in [0.5, 0.6) is 0 Å². The molecule has 0 saturated carbocycles. The highest BCUT2D eigenvalue weighted by Crippen LogP contribution is 2.14. The molecule has 1 aromatic rings. The number of halogens is 2. The van der Waals surface area contributed by atoms with Gasteiger partial charge in [0.1, 0.15) is 11.6 Å². The van der Waals surface area contributed by atoms with E-state index in [1.54, 1.807) is 0 Å². The third-order valence-corrected chi connectivity index (χ3v) is 2.63. The van der Waals surface area contributed by atoms with E-state index in [-0.39, 0.29) is 6.04 Å². The van der Waals surface area contributed by atoms with Gasteiger partial charge in [0.2, 0.25) is 0 Å². The maximum Gasteiger partial charge on any atom is 0.129 e. The molecule has 1 nitrogen and oxygen atoms in total. The number of nitrogens with one attached hydrogen (secondary N) is 1.